The van der Waals surface area contributed by atoms with Crippen LogP contribution in [0.1, 0.15) is 76.3 Å². The largest absolute Gasteiger partial charge is 0.350 e. The van der Waals surface area contributed by atoms with Crippen molar-refractivity contribution in [1.82, 2.24) is 5.32 Å². The lowest BCUT2D eigenvalue weighted by Crippen LogP contribution is -2.49. The smallest absolute Gasteiger partial charge is 0.240 e. The Balaban J connectivity index is 2.04. The molecule has 3 rings (SSSR count). The number of nitrogens with one attached hydrogen (secondary N) is 1. The normalized spacial score (nSPS) is 22.7. The quantitative estimate of drug-likeness (QED) is 0.429. The lowest BCUT2D eigenvalue weighted by molar-refractivity contribution is -0.125. The number of azide groups is 1. The zero-order valence-electron chi connectivity index (χ0n) is 18.5. The Hall–Kier alpha value is -2.53. The molecule has 1 aromatic rings. The second kappa shape index (κ2) is 9.09. The number of rotatable bonds is 4. The number of aryl methyl sites for hydroxylation is 1. The van der Waals surface area contributed by atoms with E-state index in [1.54, 1.807) is 0 Å². The molecule has 7 heteroatoms. The summed E-state index contributed by atoms with van der Waals surface area (Å²) in [6, 6.07) is 5.37. The van der Waals surface area contributed by atoms with E-state index in [4.69, 9.17) is 5.53 Å². The molecular weight excluding hydrogens is 378 g/mol. The second-order valence-corrected chi connectivity index (χ2v) is 9.75. The first kappa shape index (κ1) is 22.2. The number of hydrogen-bond donors (Lipinski definition) is 1. The van der Waals surface area contributed by atoms with Crippen molar-refractivity contribution in [2.45, 2.75) is 83.7 Å². The predicted octanol–water partition coefficient (Wildman–Crippen LogP) is 4.99. The molecule has 0 radical (unpaired) electrons. The SMILES string of the molecule is Cc1ccc2c(c1)N(CC(=O)NC(C)(C)C)C(=O)[C@H](N=[N+]=[N-])C[C@@H]2C1CCCCC1. The molecule has 1 aliphatic heterocycles. The number of fused-ring (bicyclic) bond motifs is 1. The molecule has 1 aromatic carbocycles. The van der Waals surface area contributed by atoms with E-state index < -0.39 is 11.6 Å². The molecular formula is C23H33N5O2. The van der Waals surface area contributed by atoms with Crippen molar-refractivity contribution in [2.75, 3.05) is 11.4 Å². The molecule has 2 aliphatic rings. The van der Waals surface area contributed by atoms with E-state index >= 15 is 0 Å². The van der Waals surface area contributed by atoms with Gasteiger partial charge in [-0.2, -0.15) is 0 Å². The standard InChI is InChI=1S/C23H33N5O2/c1-15-10-11-17-18(16-8-6-5-7-9-16)13-19(26-27-24)22(30)28(20(17)12-15)14-21(29)25-23(2,3)4/h10-12,16,18-19H,5-9,13-14H2,1-4H3,(H,25,29)/t18-,19-/m1/s1. The van der Waals surface area contributed by atoms with Gasteiger partial charge in [-0.15, -0.1) is 0 Å². The van der Waals surface area contributed by atoms with Crippen molar-refractivity contribution in [3.05, 3.63) is 39.8 Å². The summed E-state index contributed by atoms with van der Waals surface area (Å²) in [7, 11) is 0. The first-order valence-corrected chi connectivity index (χ1v) is 11.0. The Kier molecular flexibility index (Phi) is 6.71. The lowest BCUT2D eigenvalue weighted by atomic mass is 9.74. The van der Waals surface area contributed by atoms with Gasteiger partial charge in [-0.25, -0.2) is 0 Å². The van der Waals surface area contributed by atoms with E-state index in [9.17, 15) is 9.59 Å². The maximum Gasteiger partial charge on any atom is 0.240 e. The van der Waals surface area contributed by atoms with Crippen LogP contribution in [0, 0.1) is 12.8 Å². The van der Waals surface area contributed by atoms with Crippen LogP contribution in [-0.4, -0.2) is 29.9 Å². The molecule has 2 atom stereocenters. The molecule has 0 spiro atoms. The third kappa shape index (κ3) is 5.14. The highest BCUT2D eigenvalue weighted by Crippen LogP contribution is 2.45. The van der Waals surface area contributed by atoms with Gasteiger partial charge in [0.2, 0.25) is 11.8 Å². The number of amides is 2. The average Bonchev–Trinajstić information content (AvgIpc) is 2.78. The topological polar surface area (TPSA) is 98.2 Å². The van der Waals surface area contributed by atoms with Crippen LogP contribution >= 0.6 is 0 Å². The maximum atomic E-state index is 13.4. The van der Waals surface area contributed by atoms with Crippen LogP contribution in [0.3, 0.4) is 0 Å². The van der Waals surface area contributed by atoms with Crippen LogP contribution in [0.2, 0.25) is 0 Å². The molecule has 1 heterocycles. The Morgan fingerprint density at radius 1 is 1.27 bits per heavy atom. The highest BCUT2D eigenvalue weighted by atomic mass is 16.2. The third-order valence-electron chi connectivity index (χ3n) is 6.13. The molecule has 1 aliphatic carbocycles. The molecule has 30 heavy (non-hydrogen) atoms. The summed E-state index contributed by atoms with van der Waals surface area (Å²) in [6.07, 6.45) is 6.39. The van der Waals surface area contributed by atoms with Crippen molar-refractivity contribution in [3.8, 4) is 0 Å². The minimum atomic E-state index is -0.794. The van der Waals surface area contributed by atoms with E-state index in [-0.39, 0.29) is 24.3 Å². The molecule has 1 fully saturated rings. The fourth-order valence-corrected chi connectivity index (χ4v) is 4.87. The Labute approximate surface area is 178 Å². The second-order valence-electron chi connectivity index (χ2n) is 9.75. The van der Waals surface area contributed by atoms with Crippen molar-refractivity contribution < 1.29 is 9.59 Å². The minimum absolute atomic E-state index is 0.0820. The first-order valence-electron chi connectivity index (χ1n) is 11.0. The minimum Gasteiger partial charge on any atom is -0.350 e. The Morgan fingerprint density at radius 3 is 2.60 bits per heavy atom. The fourth-order valence-electron chi connectivity index (χ4n) is 4.87. The highest BCUT2D eigenvalue weighted by molar-refractivity contribution is 6.03. The van der Waals surface area contributed by atoms with Crippen molar-refractivity contribution in [1.29, 1.82) is 0 Å². The number of carbonyl (C=O) groups excluding carboxylic acids is 2. The summed E-state index contributed by atoms with van der Waals surface area (Å²) in [5, 5.41) is 6.80. The Bertz CT molecular complexity index is 848. The fraction of sp³-hybridized carbons (Fsp3) is 0.652. The van der Waals surface area contributed by atoms with Crippen LogP contribution in [0.25, 0.3) is 10.4 Å². The zero-order valence-corrected chi connectivity index (χ0v) is 18.5. The van der Waals surface area contributed by atoms with Gasteiger partial charge in [-0.3, -0.25) is 9.59 Å². The number of anilines is 1. The number of benzene rings is 1. The van der Waals surface area contributed by atoms with Crippen molar-refractivity contribution >= 4 is 17.5 Å². The van der Waals surface area contributed by atoms with E-state index in [0.29, 0.717) is 12.3 Å². The van der Waals surface area contributed by atoms with Gasteiger partial charge in [0.05, 0.1) is 0 Å². The van der Waals surface area contributed by atoms with Gasteiger partial charge in [0.1, 0.15) is 12.6 Å². The van der Waals surface area contributed by atoms with Crippen LogP contribution < -0.4 is 10.2 Å². The van der Waals surface area contributed by atoms with Gasteiger partial charge >= 0.3 is 0 Å². The highest BCUT2D eigenvalue weighted by Gasteiger charge is 2.39. The van der Waals surface area contributed by atoms with Crippen molar-refractivity contribution in [3.63, 3.8) is 0 Å². The molecule has 162 valence electrons. The molecule has 7 nitrogen and oxygen atoms in total. The van der Waals surface area contributed by atoms with Gasteiger partial charge in [-0.05, 0) is 81.5 Å². The average molecular weight is 412 g/mol. The Morgan fingerprint density at radius 2 is 1.97 bits per heavy atom. The number of hydrogen-bond acceptors (Lipinski definition) is 3. The number of carbonyl (C=O) groups is 2. The number of nitrogens with zero attached hydrogens (tertiary/aromatic N) is 4. The monoisotopic (exact) mass is 411 g/mol. The summed E-state index contributed by atoms with van der Waals surface area (Å²) in [5.41, 5.74) is 11.6. The van der Waals surface area contributed by atoms with Gasteiger partial charge in [0, 0.05) is 16.1 Å². The van der Waals surface area contributed by atoms with Crippen molar-refractivity contribution in [2.24, 2.45) is 11.0 Å². The summed E-state index contributed by atoms with van der Waals surface area (Å²) in [6.45, 7) is 7.64. The van der Waals surface area contributed by atoms with E-state index in [2.05, 4.69) is 27.5 Å². The van der Waals surface area contributed by atoms with E-state index in [0.717, 1.165) is 29.7 Å². The maximum absolute atomic E-state index is 13.4. The predicted molar refractivity (Wildman–Crippen MR) is 118 cm³/mol. The van der Waals surface area contributed by atoms with Crippen LogP contribution in [0.15, 0.2) is 23.3 Å². The lowest BCUT2D eigenvalue weighted by Gasteiger charge is -2.31. The molecule has 0 saturated heterocycles. The summed E-state index contributed by atoms with van der Waals surface area (Å²) in [4.78, 5) is 30.6. The molecule has 1 saturated carbocycles. The van der Waals surface area contributed by atoms with Gasteiger partial charge in [0.15, 0.2) is 0 Å². The molecule has 0 aromatic heterocycles. The van der Waals surface area contributed by atoms with E-state index in [1.807, 2.05) is 33.8 Å². The molecule has 0 bridgehead atoms. The van der Waals surface area contributed by atoms with Crippen LogP contribution in [0.4, 0.5) is 5.69 Å². The molecule has 0 unspecified atom stereocenters. The summed E-state index contributed by atoms with van der Waals surface area (Å²) < 4.78 is 0. The molecule has 2 amide bonds. The van der Waals surface area contributed by atoms with Crippen LogP contribution in [-0.2, 0) is 9.59 Å². The summed E-state index contributed by atoms with van der Waals surface area (Å²) in [5.74, 6) is 0.102. The summed E-state index contributed by atoms with van der Waals surface area (Å²) >= 11 is 0. The van der Waals surface area contributed by atoms with Gasteiger partial charge in [-0.1, -0.05) is 36.5 Å². The first-order chi connectivity index (χ1) is 14.2. The van der Waals surface area contributed by atoms with Gasteiger partial charge in [0.25, 0.3) is 0 Å². The van der Waals surface area contributed by atoms with E-state index in [1.165, 1.54) is 24.2 Å². The third-order valence-corrected chi connectivity index (χ3v) is 6.13. The van der Waals surface area contributed by atoms with Gasteiger partial charge < -0.3 is 10.2 Å². The molecule has 1 N–H and O–H groups in total. The zero-order chi connectivity index (χ0) is 21.9. The van der Waals surface area contributed by atoms with Crippen LogP contribution in [0.5, 0.6) is 0 Å².